The van der Waals surface area contributed by atoms with Gasteiger partial charge in [-0.3, -0.25) is 4.18 Å². The van der Waals surface area contributed by atoms with E-state index in [0.29, 0.717) is 12.5 Å². The summed E-state index contributed by atoms with van der Waals surface area (Å²) in [5, 5.41) is 0. The van der Waals surface area contributed by atoms with Crippen molar-refractivity contribution in [1.29, 1.82) is 0 Å². The first-order valence-corrected chi connectivity index (χ1v) is 7.54. The lowest BCUT2D eigenvalue weighted by Gasteiger charge is -2.20. The van der Waals surface area contributed by atoms with Crippen LogP contribution >= 0.6 is 0 Å². The van der Waals surface area contributed by atoms with Crippen molar-refractivity contribution >= 4 is 10.1 Å². The third-order valence-corrected chi connectivity index (χ3v) is 4.51. The van der Waals surface area contributed by atoms with Gasteiger partial charge in [0.25, 0.3) is 10.1 Å². The maximum absolute atomic E-state index is 11.9. The van der Waals surface area contributed by atoms with Crippen LogP contribution in [-0.2, 0) is 14.3 Å². The molecule has 0 N–H and O–H groups in total. The second-order valence-electron chi connectivity index (χ2n) is 4.56. The highest BCUT2D eigenvalue weighted by Crippen LogP contribution is 2.25. The van der Waals surface area contributed by atoms with Gasteiger partial charge in [0.2, 0.25) is 0 Å². The Morgan fingerprint density at radius 2 is 1.71 bits per heavy atom. The molecule has 17 heavy (non-hydrogen) atoms. The molecular weight excluding hydrogens is 236 g/mol. The second-order valence-corrected chi connectivity index (χ2v) is 6.17. The smallest absolute Gasteiger partial charge is 0.266 e. The predicted molar refractivity (Wildman–Crippen MR) is 66.2 cm³/mol. The van der Waals surface area contributed by atoms with Gasteiger partial charge in [-0.25, -0.2) is 0 Å². The fourth-order valence-corrected chi connectivity index (χ4v) is 3.19. The van der Waals surface area contributed by atoms with E-state index in [0.717, 1.165) is 12.8 Å². The van der Waals surface area contributed by atoms with E-state index in [1.54, 1.807) is 30.3 Å². The SMILES string of the molecule is O=S(=O)(OCC1CCCCC1)c1ccccc1. The summed E-state index contributed by atoms with van der Waals surface area (Å²) in [6.07, 6.45) is 5.83. The predicted octanol–water partition coefficient (Wildman–Crippen LogP) is 2.97. The summed E-state index contributed by atoms with van der Waals surface area (Å²) in [6.45, 7) is 0.331. The molecule has 0 atom stereocenters. The first-order chi connectivity index (χ1) is 8.18. The summed E-state index contributed by atoms with van der Waals surface area (Å²) in [7, 11) is -3.56. The van der Waals surface area contributed by atoms with Crippen LogP contribution in [0.1, 0.15) is 32.1 Å². The Morgan fingerprint density at radius 1 is 1.06 bits per heavy atom. The van der Waals surface area contributed by atoms with Gasteiger partial charge in [-0.05, 0) is 30.9 Å². The normalized spacial score (nSPS) is 18.1. The van der Waals surface area contributed by atoms with Gasteiger partial charge in [0.15, 0.2) is 0 Å². The molecule has 0 bridgehead atoms. The van der Waals surface area contributed by atoms with Crippen LogP contribution in [0.25, 0.3) is 0 Å². The van der Waals surface area contributed by atoms with Crippen molar-refractivity contribution in [3.63, 3.8) is 0 Å². The Morgan fingerprint density at radius 3 is 2.35 bits per heavy atom. The third kappa shape index (κ3) is 3.54. The summed E-state index contributed by atoms with van der Waals surface area (Å²) in [4.78, 5) is 0.246. The van der Waals surface area contributed by atoms with Gasteiger partial charge in [0.05, 0.1) is 11.5 Å². The average molecular weight is 254 g/mol. The molecule has 1 fully saturated rings. The maximum Gasteiger partial charge on any atom is 0.296 e. The molecular formula is C13H18O3S. The van der Waals surface area contributed by atoms with Crippen molar-refractivity contribution in [2.24, 2.45) is 5.92 Å². The van der Waals surface area contributed by atoms with Crippen molar-refractivity contribution in [3.8, 4) is 0 Å². The highest BCUT2D eigenvalue weighted by Gasteiger charge is 2.19. The first-order valence-electron chi connectivity index (χ1n) is 6.13. The van der Waals surface area contributed by atoms with Crippen LogP contribution in [0.5, 0.6) is 0 Å². The van der Waals surface area contributed by atoms with Gasteiger partial charge in [-0.2, -0.15) is 8.42 Å². The molecule has 3 nitrogen and oxygen atoms in total. The summed E-state index contributed by atoms with van der Waals surface area (Å²) >= 11 is 0. The Balaban J connectivity index is 1.94. The summed E-state index contributed by atoms with van der Waals surface area (Å²) < 4.78 is 28.8. The minimum atomic E-state index is -3.56. The molecule has 1 aliphatic rings. The highest BCUT2D eigenvalue weighted by atomic mass is 32.2. The van der Waals surface area contributed by atoms with Crippen LogP contribution in [0, 0.1) is 5.92 Å². The van der Waals surface area contributed by atoms with Gasteiger partial charge >= 0.3 is 0 Å². The molecule has 94 valence electrons. The zero-order valence-corrected chi connectivity index (χ0v) is 10.7. The van der Waals surface area contributed by atoms with E-state index in [1.165, 1.54) is 19.3 Å². The van der Waals surface area contributed by atoms with Crippen molar-refractivity contribution in [1.82, 2.24) is 0 Å². The summed E-state index contributed by atoms with van der Waals surface area (Å²) in [6, 6.07) is 8.33. The van der Waals surface area contributed by atoms with Crippen LogP contribution in [0.15, 0.2) is 35.2 Å². The van der Waals surface area contributed by atoms with Gasteiger partial charge in [0, 0.05) is 0 Å². The zero-order valence-electron chi connectivity index (χ0n) is 9.84. The lowest BCUT2D eigenvalue weighted by atomic mass is 9.90. The van der Waals surface area contributed by atoms with Crippen molar-refractivity contribution < 1.29 is 12.6 Å². The van der Waals surface area contributed by atoms with E-state index in [4.69, 9.17) is 4.18 Å². The Kier molecular flexibility index (Phi) is 4.18. The van der Waals surface area contributed by atoms with E-state index in [2.05, 4.69) is 0 Å². The van der Waals surface area contributed by atoms with Crippen LogP contribution in [0.2, 0.25) is 0 Å². The molecule has 0 radical (unpaired) electrons. The number of benzene rings is 1. The molecule has 0 saturated heterocycles. The first kappa shape index (κ1) is 12.6. The van der Waals surface area contributed by atoms with Crippen molar-refractivity contribution in [2.45, 2.75) is 37.0 Å². The fraction of sp³-hybridized carbons (Fsp3) is 0.538. The van der Waals surface area contributed by atoms with Crippen LogP contribution in [0.3, 0.4) is 0 Å². The lowest BCUT2D eigenvalue weighted by molar-refractivity contribution is 0.214. The monoisotopic (exact) mass is 254 g/mol. The Bertz CT molecular complexity index is 433. The molecule has 1 aromatic carbocycles. The van der Waals surface area contributed by atoms with Crippen LogP contribution in [-0.4, -0.2) is 15.0 Å². The van der Waals surface area contributed by atoms with E-state index >= 15 is 0 Å². The lowest BCUT2D eigenvalue weighted by Crippen LogP contribution is -2.17. The minimum absolute atomic E-state index is 0.246. The Labute approximate surface area is 103 Å². The molecule has 0 unspecified atom stereocenters. The van der Waals surface area contributed by atoms with E-state index < -0.39 is 10.1 Å². The van der Waals surface area contributed by atoms with E-state index in [1.807, 2.05) is 0 Å². The average Bonchev–Trinajstić information content (AvgIpc) is 2.39. The molecule has 0 amide bonds. The van der Waals surface area contributed by atoms with Crippen LogP contribution in [0.4, 0.5) is 0 Å². The van der Waals surface area contributed by atoms with Gasteiger partial charge in [-0.15, -0.1) is 0 Å². The Hall–Kier alpha value is -0.870. The third-order valence-electron chi connectivity index (χ3n) is 3.22. The molecule has 0 aliphatic heterocycles. The number of hydrogen-bond donors (Lipinski definition) is 0. The van der Waals surface area contributed by atoms with Crippen LogP contribution < -0.4 is 0 Å². The molecule has 0 aromatic heterocycles. The molecule has 1 aromatic rings. The van der Waals surface area contributed by atoms with Crippen molar-refractivity contribution in [3.05, 3.63) is 30.3 Å². The summed E-state index contributed by atoms with van der Waals surface area (Å²) in [5.74, 6) is 0.405. The largest absolute Gasteiger partial charge is 0.296 e. The quantitative estimate of drug-likeness (QED) is 0.776. The standard InChI is InChI=1S/C13H18O3S/c14-17(15,13-9-5-2-6-10-13)16-11-12-7-3-1-4-8-12/h2,5-6,9-10,12H,1,3-4,7-8,11H2. The fourth-order valence-electron chi connectivity index (χ4n) is 2.19. The summed E-state index contributed by atoms with van der Waals surface area (Å²) in [5.41, 5.74) is 0. The number of rotatable bonds is 4. The van der Waals surface area contributed by atoms with Gasteiger partial charge in [-0.1, -0.05) is 37.5 Å². The highest BCUT2D eigenvalue weighted by molar-refractivity contribution is 7.86. The van der Waals surface area contributed by atoms with Gasteiger partial charge < -0.3 is 0 Å². The molecule has 1 aliphatic carbocycles. The van der Waals surface area contributed by atoms with E-state index in [-0.39, 0.29) is 4.90 Å². The van der Waals surface area contributed by atoms with Gasteiger partial charge in [0.1, 0.15) is 0 Å². The molecule has 1 saturated carbocycles. The topological polar surface area (TPSA) is 43.4 Å². The second kappa shape index (κ2) is 5.65. The maximum atomic E-state index is 11.9. The number of hydrogen-bond acceptors (Lipinski definition) is 3. The molecule has 2 rings (SSSR count). The minimum Gasteiger partial charge on any atom is -0.266 e. The van der Waals surface area contributed by atoms with E-state index in [9.17, 15) is 8.42 Å². The molecule has 0 heterocycles. The zero-order chi connectivity index (χ0) is 12.1. The molecule has 4 heteroatoms. The van der Waals surface area contributed by atoms with Crippen molar-refractivity contribution in [2.75, 3.05) is 6.61 Å². The molecule has 0 spiro atoms.